The maximum Gasteiger partial charge on any atom is 0.213 e. The number of hydrogen-bond acceptors (Lipinski definition) is 5. The number of benzene rings is 2. The third kappa shape index (κ3) is 2.49. The Morgan fingerprint density at radius 1 is 1.04 bits per heavy atom. The van der Waals surface area contributed by atoms with Crippen LogP contribution < -0.4 is 0 Å². The van der Waals surface area contributed by atoms with E-state index in [0.717, 1.165) is 33.4 Å². The molecule has 2 aromatic carbocycles. The first-order valence-electron chi connectivity index (χ1n) is 7.70. The second kappa shape index (κ2) is 5.79. The minimum Gasteiger partial charge on any atom is -0.508 e. The monoisotopic (exact) mass is 336 g/mol. The van der Waals surface area contributed by atoms with Gasteiger partial charge < -0.3 is 5.11 Å². The van der Waals surface area contributed by atoms with Gasteiger partial charge in [-0.3, -0.25) is 0 Å². The van der Waals surface area contributed by atoms with Crippen molar-refractivity contribution in [3.63, 3.8) is 0 Å². The molecule has 24 heavy (non-hydrogen) atoms. The van der Waals surface area contributed by atoms with Crippen LogP contribution in [0.15, 0.2) is 58.8 Å². The SMILES string of the molecule is Cc1ccccc1-c1nnc2n1N=C(c1ccc(O)cc1)[C@H](C)S2. The van der Waals surface area contributed by atoms with Crippen LogP contribution >= 0.6 is 11.8 Å². The molecule has 1 aromatic heterocycles. The number of thioether (sulfide) groups is 1. The predicted molar refractivity (Wildman–Crippen MR) is 95.6 cm³/mol. The van der Waals surface area contributed by atoms with Gasteiger partial charge in [0, 0.05) is 5.56 Å². The molecular weight excluding hydrogens is 320 g/mol. The van der Waals surface area contributed by atoms with E-state index < -0.39 is 0 Å². The van der Waals surface area contributed by atoms with Gasteiger partial charge >= 0.3 is 0 Å². The number of nitrogens with zero attached hydrogens (tertiary/aromatic N) is 4. The van der Waals surface area contributed by atoms with Crippen LogP contribution in [0.5, 0.6) is 5.75 Å². The highest BCUT2D eigenvalue weighted by Crippen LogP contribution is 2.33. The Morgan fingerprint density at radius 2 is 1.79 bits per heavy atom. The van der Waals surface area contributed by atoms with E-state index in [1.807, 2.05) is 35.0 Å². The van der Waals surface area contributed by atoms with Gasteiger partial charge in [0.2, 0.25) is 5.16 Å². The predicted octanol–water partition coefficient (Wildman–Crippen LogP) is 3.71. The van der Waals surface area contributed by atoms with E-state index in [0.29, 0.717) is 0 Å². The summed E-state index contributed by atoms with van der Waals surface area (Å²) in [5.74, 6) is 1.000. The van der Waals surface area contributed by atoms with E-state index >= 15 is 0 Å². The van der Waals surface area contributed by atoms with Crippen LogP contribution in [0.1, 0.15) is 18.1 Å². The lowest BCUT2D eigenvalue weighted by Crippen LogP contribution is -2.21. The van der Waals surface area contributed by atoms with Gasteiger partial charge in [-0.25, -0.2) is 0 Å². The van der Waals surface area contributed by atoms with E-state index in [1.54, 1.807) is 23.9 Å². The zero-order valence-corrected chi connectivity index (χ0v) is 14.2. The minimum atomic E-state index is 0.163. The number of hydrogen-bond donors (Lipinski definition) is 1. The second-order valence-corrected chi connectivity index (χ2v) is 7.03. The maximum absolute atomic E-state index is 9.50. The first kappa shape index (κ1) is 15.0. The molecule has 1 aliphatic heterocycles. The smallest absolute Gasteiger partial charge is 0.213 e. The summed E-state index contributed by atoms with van der Waals surface area (Å²) in [6.45, 7) is 4.15. The summed E-state index contributed by atoms with van der Waals surface area (Å²) in [4.78, 5) is 0. The van der Waals surface area contributed by atoms with Crippen molar-refractivity contribution in [2.75, 3.05) is 0 Å². The van der Waals surface area contributed by atoms with Crippen molar-refractivity contribution in [1.29, 1.82) is 0 Å². The highest BCUT2D eigenvalue weighted by Gasteiger charge is 2.26. The third-order valence-electron chi connectivity index (χ3n) is 4.04. The number of aryl methyl sites for hydroxylation is 1. The summed E-state index contributed by atoms with van der Waals surface area (Å²) in [6.07, 6.45) is 0. The molecule has 0 fully saturated rings. The van der Waals surface area contributed by atoms with Gasteiger partial charge in [-0.1, -0.05) is 36.0 Å². The molecule has 120 valence electrons. The van der Waals surface area contributed by atoms with Crippen LogP contribution in [0, 0.1) is 6.92 Å². The molecule has 1 aliphatic rings. The number of rotatable bonds is 2. The molecule has 6 heteroatoms. The quantitative estimate of drug-likeness (QED) is 0.775. The number of aromatic hydroxyl groups is 1. The highest BCUT2D eigenvalue weighted by atomic mass is 32.2. The first-order valence-corrected chi connectivity index (χ1v) is 8.58. The molecule has 5 nitrogen and oxygen atoms in total. The van der Waals surface area contributed by atoms with Gasteiger partial charge in [0.05, 0.1) is 11.0 Å². The summed E-state index contributed by atoms with van der Waals surface area (Å²) in [7, 11) is 0. The largest absolute Gasteiger partial charge is 0.508 e. The lowest BCUT2D eigenvalue weighted by molar-refractivity contribution is 0.475. The van der Waals surface area contributed by atoms with E-state index in [4.69, 9.17) is 5.10 Å². The molecule has 0 saturated heterocycles. The van der Waals surface area contributed by atoms with Crippen molar-refractivity contribution in [1.82, 2.24) is 14.9 Å². The van der Waals surface area contributed by atoms with Crippen molar-refractivity contribution in [2.24, 2.45) is 5.10 Å². The number of fused-ring (bicyclic) bond motifs is 1. The van der Waals surface area contributed by atoms with Crippen LogP contribution in [0.3, 0.4) is 0 Å². The first-order chi connectivity index (χ1) is 11.6. The van der Waals surface area contributed by atoms with Gasteiger partial charge in [0.1, 0.15) is 5.75 Å². The third-order valence-corrected chi connectivity index (χ3v) is 5.08. The molecule has 0 amide bonds. The Labute approximate surface area is 144 Å². The molecule has 0 spiro atoms. The summed E-state index contributed by atoms with van der Waals surface area (Å²) in [6, 6.07) is 15.2. The van der Waals surface area contributed by atoms with Gasteiger partial charge in [-0.05, 0) is 49.2 Å². The average Bonchev–Trinajstić information content (AvgIpc) is 2.98. The number of aromatic nitrogens is 3. The van der Waals surface area contributed by atoms with Crippen molar-refractivity contribution in [3.05, 3.63) is 59.7 Å². The molecule has 0 bridgehead atoms. The molecule has 2 heterocycles. The number of phenolic OH excluding ortho intramolecular Hbond substituents is 1. The van der Waals surface area contributed by atoms with Crippen molar-refractivity contribution < 1.29 is 5.11 Å². The molecule has 4 rings (SSSR count). The molecule has 0 aliphatic carbocycles. The van der Waals surface area contributed by atoms with E-state index in [-0.39, 0.29) is 11.0 Å². The fourth-order valence-corrected chi connectivity index (χ4v) is 3.67. The van der Waals surface area contributed by atoms with E-state index in [9.17, 15) is 5.11 Å². The summed E-state index contributed by atoms with van der Waals surface area (Å²) in [5, 5.41) is 23.9. The zero-order valence-electron chi connectivity index (χ0n) is 13.3. The maximum atomic E-state index is 9.50. The molecule has 1 N–H and O–H groups in total. The van der Waals surface area contributed by atoms with Crippen LogP contribution in [0.4, 0.5) is 0 Å². The van der Waals surface area contributed by atoms with E-state index in [2.05, 4.69) is 30.1 Å². The summed E-state index contributed by atoms with van der Waals surface area (Å²) >= 11 is 1.64. The van der Waals surface area contributed by atoms with Gasteiger partial charge in [-0.2, -0.15) is 9.78 Å². The Morgan fingerprint density at radius 3 is 2.54 bits per heavy atom. The molecule has 0 unspecified atom stereocenters. The fourth-order valence-electron chi connectivity index (χ4n) is 2.75. The number of phenols is 1. The lowest BCUT2D eigenvalue weighted by atomic mass is 10.1. The molecule has 0 radical (unpaired) electrons. The Kier molecular flexibility index (Phi) is 3.61. The van der Waals surface area contributed by atoms with Crippen LogP contribution in [0.25, 0.3) is 11.4 Å². The Balaban J connectivity index is 1.85. The van der Waals surface area contributed by atoms with Crippen LogP contribution in [-0.4, -0.2) is 30.9 Å². The second-order valence-electron chi connectivity index (χ2n) is 5.73. The fraction of sp³-hybridized carbons (Fsp3) is 0.167. The highest BCUT2D eigenvalue weighted by molar-refractivity contribution is 8.00. The Bertz CT molecular complexity index is 930. The van der Waals surface area contributed by atoms with Crippen LogP contribution in [0.2, 0.25) is 0 Å². The van der Waals surface area contributed by atoms with Crippen molar-refractivity contribution in [2.45, 2.75) is 24.3 Å². The molecule has 0 saturated carbocycles. The van der Waals surface area contributed by atoms with Crippen LogP contribution in [-0.2, 0) is 0 Å². The van der Waals surface area contributed by atoms with Gasteiger partial charge in [0.15, 0.2) is 5.82 Å². The summed E-state index contributed by atoms with van der Waals surface area (Å²) in [5.41, 5.74) is 4.10. The summed E-state index contributed by atoms with van der Waals surface area (Å²) < 4.78 is 1.81. The topological polar surface area (TPSA) is 63.3 Å². The van der Waals surface area contributed by atoms with Crippen molar-refractivity contribution >= 4 is 17.5 Å². The van der Waals surface area contributed by atoms with Gasteiger partial charge in [0.25, 0.3) is 0 Å². The molecule has 1 atom stereocenters. The average molecular weight is 336 g/mol. The van der Waals surface area contributed by atoms with E-state index in [1.165, 1.54) is 0 Å². The molecule has 3 aromatic rings. The standard InChI is InChI=1S/C18H16N4OS/c1-11-5-3-4-6-15(11)17-19-20-18-22(17)21-16(12(2)24-18)13-7-9-14(23)10-8-13/h3-10,12,23H,1-2H3/t12-/m0/s1. The molecular formula is C18H16N4OS. The lowest BCUT2D eigenvalue weighted by Gasteiger charge is -2.20. The van der Waals surface area contributed by atoms with Crippen molar-refractivity contribution in [3.8, 4) is 17.1 Å². The normalized spacial score (nSPS) is 16.6. The minimum absolute atomic E-state index is 0.163. The zero-order chi connectivity index (χ0) is 16.7. The van der Waals surface area contributed by atoms with Gasteiger partial charge in [-0.15, -0.1) is 10.2 Å². The Hall–Kier alpha value is -2.60.